The number of sulfonamides is 1. The molecule has 0 amide bonds. The minimum Gasteiger partial charge on any atom is -0.493 e. The summed E-state index contributed by atoms with van der Waals surface area (Å²) in [5.74, 6) is 0.870. The quantitative estimate of drug-likeness (QED) is 0.713. The Morgan fingerprint density at radius 2 is 1.83 bits per heavy atom. The first kappa shape index (κ1) is 19.1. The number of nitrogens with zero attached hydrogens (tertiary/aromatic N) is 3. The summed E-state index contributed by atoms with van der Waals surface area (Å²) in [5, 5.41) is -0.409. The van der Waals surface area contributed by atoms with Crippen LogP contribution in [0.2, 0.25) is 0 Å². The highest BCUT2D eigenvalue weighted by molar-refractivity contribution is 7.91. The lowest BCUT2D eigenvalue weighted by molar-refractivity contribution is 0.356. The molecule has 8 nitrogen and oxygen atoms in total. The second-order valence-electron chi connectivity index (χ2n) is 8.17. The Bertz CT molecular complexity index is 1160. The number of aromatic nitrogens is 2. The van der Waals surface area contributed by atoms with Crippen LogP contribution in [0.4, 0.5) is 0 Å². The van der Waals surface area contributed by atoms with E-state index < -0.39 is 25.1 Å². The van der Waals surface area contributed by atoms with E-state index in [2.05, 4.69) is 4.98 Å². The number of benzene rings is 1. The van der Waals surface area contributed by atoms with Gasteiger partial charge in [-0.15, -0.1) is 0 Å². The molecule has 2 aromatic rings. The number of imidazole rings is 1. The van der Waals surface area contributed by atoms with Crippen molar-refractivity contribution in [3.8, 4) is 5.75 Å². The van der Waals surface area contributed by atoms with E-state index in [1.165, 1.54) is 15.1 Å². The maximum Gasteiger partial charge on any atom is 0.243 e. The molecule has 3 atom stereocenters. The van der Waals surface area contributed by atoms with Crippen molar-refractivity contribution in [3.05, 3.63) is 36.2 Å². The van der Waals surface area contributed by atoms with Gasteiger partial charge in [-0.25, -0.2) is 21.8 Å². The summed E-state index contributed by atoms with van der Waals surface area (Å²) in [6, 6.07) is 5.03. The minimum absolute atomic E-state index is 0.0579. The van der Waals surface area contributed by atoms with Crippen LogP contribution in [-0.4, -0.2) is 55.6 Å². The Kier molecular flexibility index (Phi) is 4.31. The van der Waals surface area contributed by atoms with Crippen LogP contribution in [0.5, 0.6) is 5.75 Å². The SMILES string of the molecule is Cn1ccnc1S(=O)(=O)[C@H]1C[C@@H]2CN(S(=O)(=O)c3ccc4c(c3)CCO4)C[C@@H]2C1. The minimum atomic E-state index is -3.59. The summed E-state index contributed by atoms with van der Waals surface area (Å²) in [6.07, 6.45) is 4.78. The third kappa shape index (κ3) is 3.00. The largest absolute Gasteiger partial charge is 0.493 e. The fourth-order valence-electron chi connectivity index (χ4n) is 4.90. The average Bonchev–Trinajstić information content (AvgIpc) is 3.43. The van der Waals surface area contributed by atoms with Crippen LogP contribution in [0.1, 0.15) is 18.4 Å². The molecule has 156 valence electrons. The van der Waals surface area contributed by atoms with Crippen LogP contribution in [0.3, 0.4) is 0 Å². The second kappa shape index (κ2) is 6.55. The zero-order valence-electron chi connectivity index (χ0n) is 16.1. The summed E-state index contributed by atoms with van der Waals surface area (Å²) < 4.78 is 60.6. The predicted molar refractivity (Wildman–Crippen MR) is 105 cm³/mol. The van der Waals surface area contributed by atoms with Crippen molar-refractivity contribution in [3.63, 3.8) is 0 Å². The van der Waals surface area contributed by atoms with Gasteiger partial charge in [0, 0.05) is 39.0 Å². The molecule has 0 radical (unpaired) electrons. The number of hydrogen-bond acceptors (Lipinski definition) is 6. The standard InChI is InChI=1S/C19H23N3O5S2/c1-21-6-5-20-19(21)28(23,24)17-9-14-11-22(12-15(14)10-17)29(25,26)16-2-3-18-13(8-16)4-7-27-18/h2-3,5-6,8,14-15,17H,4,7,9-12H2,1H3/t14-,15+,17+. The van der Waals surface area contributed by atoms with Crippen LogP contribution in [-0.2, 0) is 33.3 Å². The van der Waals surface area contributed by atoms with Gasteiger partial charge in [0.25, 0.3) is 0 Å². The van der Waals surface area contributed by atoms with E-state index in [4.69, 9.17) is 4.74 Å². The van der Waals surface area contributed by atoms with E-state index in [1.54, 1.807) is 31.4 Å². The van der Waals surface area contributed by atoms with Crippen LogP contribution in [0.15, 0.2) is 40.6 Å². The predicted octanol–water partition coefficient (Wildman–Crippen LogP) is 1.23. The Morgan fingerprint density at radius 3 is 2.48 bits per heavy atom. The fourth-order valence-corrected chi connectivity index (χ4v) is 8.47. The average molecular weight is 438 g/mol. The zero-order chi connectivity index (χ0) is 20.4. The van der Waals surface area contributed by atoms with Gasteiger partial charge in [-0.3, -0.25) is 0 Å². The smallest absolute Gasteiger partial charge is 0.243 e. The first-order valence-corrected chi connectivity index (χ1v) is 12.7. The number of sulfone groups is 1. The Hall–Kier alpha value is -1.91. The summed E-state index contributed by atoms with van der Waals surface area (Å²) in [6.45, 7) is 1.32. The molecule has 0 unspecified atom stereocenters. The maximum atomic E-state index is 13.1. The van der Waals surface area contributed by atoms with Crippen LogP contribution in [0.25, 0.3) is 0 Å². The summed E-state index contributed by atoms with van der Waals surface area (Å²) in [5.41, 5.74) is 0.923. The number of fused-ring (bicyclic) bond motifs is 2. The van der Waals surface area contributed by atoms with Crippen molar-refractivity contribution < 1.29 is 21.6 Å². The lowest BCUT2D eigenvalue weighted by Gasteiger charge is -2.19. The van der Waals surface area contributed by atoms with Gasteiger partial charge in [0.2, 0.25) is 25.0 Å². The molecule has 0 spiro atoms. The van der Waals surface area contributed by atoms with E-state index in [9.17, 15) is 16.8 Å². The monoisotopic (exact) mass is 437 g/mol. The Morgan fingerprint density at radius 1 is 1.10 bits per heavy atom. The first-order chi connectivity index (χ1) is 13.8. The molecule has 1 saturated carbocycles. The molecule has 2 fully saturated rings. The van der Waals surface area contributed by atoms with Gasteiger partial charge in [0.15, 0.2) is 0 Å². The molecular formula is C19H23N3O5S2. The molecule has 3 aliphatic rings. The lowest BCUT2D eigenvalue weighted by atomic mass is 10.0. The van der Waals surface area contributed by atoms with Gasteiger partial charge in [-0.05, 0) is 48.4 Å². The van der Waals surface area contributed by atoms with E-state index in [-0.39, 0.29) is 17.0 Å². The van der Waals surface area contributed by atoms with E-state index >= 15 is 0 Å². The van der Waals surface area contributed by atoms with E-state index in [0.29, 0.717) is 37.4 Å². The highest BCUT2D eigenvalue weighted by Gasteiger charge is 2.49. The molecule has 0 bridgehead atoms. The van der Waals surface area contributed by atoms with Gasteiger partial charge in [0.1, 0.15) is 5.75 Å². The number of aryl methyl sites for hydroxylation is 1. The molecule has 3 heterocycles. The molecule has 1 aromatic carbocycles. The van der Waals surface area contributed by atoms with Crippen molar-refractivity contribution in [1.29, 1.82) is 0 Å². The number of rotatable bonds is 4. The summed E-state index contributed by atoms with van der Waals surface area (Å²) in [7, 11) is -5.43. The normalized spacial score (nSPS) is 27.0. The summed E-state index contributed by atoms with van der Waals surface area (Å²) >= 11 is 0. The van der Waals surface area contributed by atoms with Crippen molar-refractivity contribution in [2.24, 2.45) is 18.9 Å². The Balaban J connectivity index is 1.33. The second-order valence-corrected chi connectivity index (χ2v) is 12.2. The number of hydrogen-bond donors (Lipinski definition) is 0. The van der Waals surface area contributed by atoms with Crippen LogP contribution < -0.4 is 4.74 Å². The molecular weight excluding hydrogens is 414 g/mol. The fraction of sp³-hybridized carbons (Fsp3) is 0.526. The lowest BCUT2D eigenvalue weighted by Crippen LogP contribution is -2.31. The van der Waals surface area contributed by atoms with Gasteiger partial charge in [-0.1, -0.05) is 0 Å². The van der Waals surface area contributed by atoms with Crippen molar-refractivity contribution in [2.45, 2.75) is 34.6 Å². The molecule has 0 N–H and O–H groups in total. The maximum absolute atomic E-state index is 13.1. The van der Waals surface area contributed by atoms with Crippen molar-refractivity contribution in [1.82, 2.24) is 13.9 Å². The van der Waals surface area contributed by atoms with Crippen LogP contribution >= 0.6 is 0 Å². The van der Waals surface area contributed by atoms with Gasteiger partial charge < -0.3 is 9.30 Å². The molecule has 1 aliphatic carbocycles. The number of ether oxygens (including phenoxy) is 1. The van der Waals surface area contributed by atoms with Gasteiger partial charge >= 0.3 is 0 Å². The molecule has 1 saturated heterocycles. The van der Waals surface area contributed by atoms with Crippen molar-refractivity contribution >= 4 is 19.9 Å². The zero-order valence-corrected chi connectivity index (χ0v) is 17.7. The third-order valence-electron chi connectivity index (χ3n) is 6.44. The van der Waals surface area contributed by atoms with E-state index in [1.807, 2.05) is 0 Å². The topological polar surface area (TPSA) is 98.6 Å². The van der Waals surface area contributed by atoms with Gasteiger partial charge in [0.05, 0.1) is 16.8 Å². The highest BCUT2D eigenvalue weighted by Crippen LogP contribution is 2.44. The highest BCUT2D eigenvalue weighted by atomic mass is 32.2. The van der Waals surface area contributed by atoms with Gasteiger partial charge in [-0.2, -0.15) is 4.31 Å². The van der Waals surface area contributed by atoms with Crippen LogP contribution in [0, 0.1) is 11.8 Å². The first-order valence-electron chi connectivity index (χ1n) is 9.74. The van der Waals surface area contributed by atoms with E-state index in [0.717, 1.165) is 17.7 Å². The summed E-state index contributed by atoms with van der Waals surface area (Å²) in [4.78, 5) is 4.30. The Labute approximate surface area is 170 Å². The third-order valence-corrected chi connectivity index (χ3v) is 10.4. The molecule has 1 aromatic heterocycles. The molecule has 2 aliphatic heterocycles. The molecule has 5 rings (SSSR count). The van der Waals surface area contributed by atoms with Crippen molar-refractivity contribution in [2.75, 3.05) is 19.7 Å². The molecule has 29 heavy (non-hydrogen) atoms. The molecule has 10 heteroatoms.